The maximum atomic E-state index is 12.4. The van der Waals surface area contributed by atoms with Gasteiger partial charge in [0.25, 0.3) is 0 Å². The molecule has 1 aromatic rings. The second-order valence-corrected chi connectivity index (χ2v) is 5.75. The zero-order valence-corrected chi connectivity index (χ0v) is 12.1. The van der Waals surface area contributed by atoms with E-state index >= 15 is 0 Å². The van der Waals surface area contributed by atoms with Crippen LogP contribution in [0, 0.1) is 0 Å². The standard InChI is InChI=1S/C16H22OS/c1-3-5-8-12-15(11-6-4-2)18(17)16-13-9-7-10-14-16/h7-10,13-14H,3-6,11H2,1-2H3. The van der Waals surface area contributed by atoms with Crippen LogP contribution in [0.25, 0.3) is 0 Å². The van der Waals surface area contributed by atoms with Crippen molar-refractivity contribution < 1.29 is 4.55 Å². The van der Waals surface area contributed by atoms with Gasteiger partial charge in [-0.2, -0.15) is 0 Å². The summed E-state index contributed by atoms with van der Waals surface area (Å²) >= 11 is -1.05. The molecule has 1 aromatic carbocycles. The Morgan fingerprint density at radius 3 is 2.56 bits per heavy atom. The van der Waals surface area contributed by atoms with Gasteiger partial charge in [0, 0.05) is 17.6 Å². The van der Waals surface area contributed by atoms with E-state index in [4.69, 9.17) is 0 Å². The first-order valence-electron chi connectivity index (χ1n) is 6.70. The Kier molecular flexibility index (Phi) is 7.59. The highest BCUT2D eigenvalue weighted by molar-refractivity contribution is 7.95. The van der Waals surface area contributed by atoms with E-state index in [1.165, 1.54) is 0 Å². The molecule has 1 unspecified atom stereocenters. The molecular formula is C16H22OS. The van der Waals surface area contributed by atoms with Crippen LogP contribution < -0.4 is 0 Å². The lowest BCUT2D eigenvalue weighted by Crippen LogP contribution is -2.04. The molecule has 18 heavy (non-hydrogen) atoms. The van der Waals surface area contributed by atoms with Crippen molar-refractivity contribution in [1.82, 2.24) is 0 Å². The van der Waals surface area contributed by atoms with E-state index < -0.39 is 11.2 Å². The van der Waals surface area contributed by atoms with Crippen LogP contribution in [0.4, 0.5) is 0 Å². The maximum absolute atomic E-state index is 12.4. The summed E-state index contributed by atoms with van der Waals surface area (Å²) in [7, 11) is 0. The molecule has 0 radical (unpaired) electrons. The van der Waals surface area contributed by atoms with Gasteiger partial charge in [-0.25, -0.2) is 0 Å². The number of rotatable bonds is 7. The Hall–Kier alpha value is -0.950. The van der Waals surface area contributed by atoms with Crippen molar-refractivity contribution in [3.63, 3.8) is 0 Å². The van der Waals surface area contributed by atoms with Crippen LogP contribution in [0.1, 0.15) is 46.0 Å². The highest BCUT2D eigenvalue weighted by Crippen LogP contribution is 2.22. The molecule has 0 aliphatic heterocycles. The molecule has 0 aliphatic rings. The van der Waals surface area contributed by atoms with Crippen LogP contribution in [0.5, 0.6) is 0 Å². The van der Waals surface area contributed by atoms with Crippen LogP contribution >= 0.6 is 0 Å². The predicted octanol–water partition coefficient (Wildman–Crippen LogP) is 4.82. The molecule has 1 atom stereocenters. The lowest BCUT2D eigenvalue weighted by atomic mass is 10.2. The number of hydrogen-bond acceptors (Lipinski definition) is 1. The number of benzene rings is 1. The van der Waals surface area contributed by atoms with Crippen LogP contribution in [0.3, 0.4) is 0 Å². The lowest BCUT2D eigenvalue weighted by molar-refractivity contribution is 0.598. The van der Waals surface area contributed by atoms with Gasteiger partial charge in [-0.15, -0.1) is 0 Å². The van der Waals surface area contributed by atoms with E-state index in [0.29, 0.717) is 0 Å². The summed E-state index contributed by atoms with van der Waals surface area (Å²) in [6.07, 6.45) is 7.18. The van der Waals surface area contributed by atoms with Gasteiger partial charge < -0.3 is 4.55 Å². The molecule has 0 N–H and O–H groups in total. The van der Waals surface area contributed by atoms with Gasteiger partial charge in [0.2, 0.25) is 0 Å². The maximum Gasteiger partial charge on any atom is 0.177 e. The molecule has 1 rings (SSSR count). The van der Waals surface area contributed by atoms with Gasteiger partial charge in [0.15, 0.2) is 9.80 Å². The molecule has 0 bridgehead atoms. The second-order valence-electron chi connectivity index (χ2n) is 4.25. The minimum atomic E-state index is -1.05. The third-order valence-electron chi connectivity index (χ3n) is 2.63. The van der Waals surface area contributed by atoms with Crippen molar-refractivity contribution in [3.8, 4) is 0 Å². The first kappa shape index (κ1) is 15.1. The Morgan fingerprint density at radius 2 is 1.94 bits per heavy atom. The average Bonchev–Trinajstić information content (AvgIpc) is 2.43. The largest absolute Gasteiger partial charge is 0.606 e. The summed E-state index contributed by atoms with van der Waals surface area (Å²) in [5, 5.41) is 0. The minimum Gasteiger partial charge on any atom is -0.606 e. The molecule has 1 nitrogen and oxygen atoms in total. The van der Waals surface area contributed by atoms with Crippen molar-refractivity contribution in [2.75, 3.05) is 0 Å². The molecule has 0 saturated carbocycles. The molecule has 0 aliphatic carbocycles. The topological polar surface area (TPSA) is 23.1 Å². The van der Waals surface area contributed by atoms with E-state index in [2.05, 4.69) is 19.6 Å². The molecular weight excluding hydrogens is 240 g/mol. The number of hydrogen-bond donors (Lipinski definition) is 0. The fourth-order valence-corrected chi connectivity index (χ4v) is 2.78. The Balaban J connectivity index is 2.85. The molecule has 0 aromatic heterocycles. The summed E-state index contributed by atoms with van der Waals surface area (Å²) in [6.45, 7) is 4.29. The van der Waals surface area contributed by atoms with Crippen molar-refractivity contribution in [2.24, 2.45) is 0 Å². The smallest absolute Gasteiger partial charge is 0.177 e. The van der Waals surface area contributed by atoms with Crippen molar-refractivity contribution in [1.29, 1.82) is 0 Å². The van der Waals surface area contributed by atoms with Crippen molar-refractivity contribution >= 4 is 11.2 Å². The number of unbranched alkanes of at least 4 members (excludes halogenated alkanes) is 2. The quantitative estimate of drug-likeness (QED) is 0.510. The highest BCUT2D eigenvalue weighted by atomic mass is 32.2. The van der Waals surface area contributed by atoms with E-state index in [0.717, 1.165) is 41.9 Å². The molecule has 2 heteroatoms. The van der Waals surface area contributed by atoms with E-state index in [1.54, 1.807) is 0 Å². The third kappa shape index (κ3) is 5.14. The molecule has 0 fully saturated rings. The Morgan fingerprint density at radius 1 is 1.22 bits per heavy atom. The van der Waals surface area contributed by atoms with Gasteiger partial charge in [-0.1, -0.05) is 50.6 Å². The van der Waals surface area contributed by atoms with Gasteiger partial charge in [0.05, 0.1) is 0 Å². The van der Waals surface area contributed by atoms with Crippen LogP contribution in [0.2, 0.25) is 0 Å². The summed E-state index contributed by atoms with van der Waals surface area (Å²) in [6, 6.07) is 9.65. The van der Waals surface area contributed by atoms with Crippen LogP contribution in [-0.4, -0.2) is 4.55 Å². The summed E-state index contributed by atoms with van der Waals surface area (Å²) in [5.41, 5.74) is 3.25. The van der Waals surface area contributed by atoms with Gasteiger partial charge in [-0.05, 0) is 31.1 Å². The van der Waals surface area contributed by atoms with Crippen LogP contribution in [-0.2, 0) is 11.2 Å². The molecule has 0 saturated heterocycles. The Labute approximate surface area is 114 Å². The zero-order valence-electron chi connectivity index (χ0n) is 11.3. The van der Waals surface area contributed by atoms with Gasteiger partial charge in [-0.3, -0.25) is 0 Å². The van der Waals surface area contributed by atoms with Crippen molar-refractivity contribution in [2.45, 2.75) is 50.8 Å². The first-order chi connectivity index (χ1) is 8.79. The Bertz CT molecular complexity index is 391. The number of allylic oxidation sites excluding steroid dienone is 1. The molecule has 0 heterocycles. The summed E-state index contributed by atoms with van der Waals surface area (Å²) in [5.74, 6) is 0. The molecule has 0 amide bonds. The molecule has 98 valence electrons. The normalized spacial score (nSPS) is 11.7. The summed E-state index contributed by atoms with van der Waals surface area (Å²) < 4.78 is 12.4. The van der Waals surface area contributed by atoms with E-state index in [1.807, 2.05) is 36.4 Å². The van der Waals surface area contributed by atoms with Crippen LogP contribution in [0.15, 0.2) is 51.9 Å². The average molecular weight is 262 g/mol. The predicted molar refractivity (Wildman–Crippen MR) is 78.9 cm³/mol. The van der Waals surface area contributed by atoms with Crippen molar-refractivity contribution in [3.05, 3.63) is 47.0 Å². The lowest BCUT2D eigenvalue weighted by Gasteiger charge is -2.11. The monoisotopic (exact) mass is 262 g/mol. The SMILES string of the molecule is CCCC=C=C(CCCC)[S+]([O-])c1ccccc1. The van der Waals surface area contributed by atoms with E-state index in [9.17, 15) is 4.55 Å². The van der Waals surface area contributed by atoms with Gasteiger partial charge >= 0.3 is 0 Å². The first-order valence-corrected chi connectivity index (χ1v) is 7.85. The summed E-state index contributed by atoms with van der Waals surface area (Å²) in [4.78, 5) is 1.80. The highest BCUT2D eigenvalue weighted by Gasteiger charge is 2.16. The second kappa shape index (κ2) is 9.04. The minimum absolute atomic E-state index is 0.873. The fraction of sp³-hybridized carbons (Fsp3) is 0.438. The van der Waals surface area contributed by atoms with E-state index in [-0.39, 0.29) is 0 Å². The fourth-order valence-electron chi connectivity index (χ4n) is 1.57. The molecule has 0 spiro atoms. The van der Waals surface area contributed by atoms with Gasteiger partial charge in [0.1, 0.15) is 0 Å². The zero-order chi connectivity index (χ0) is 13.2. The third-order valence-corrected chi connectivity index (χ3v) is 4.10.